The van der Waals surface area contributed by atoms with Crippen molar-refractivity contribution in [2.24, 2.45) is 0 Å². The Morgan fingerprint density at radius 1 is 1.00 bits per heavy atom. The maximum Gasteiger partial charge on any atom is 0.244 e. The molecule has 0 saturated carbocycles. The van der Waals surface area contributed by atoms with E-state index in [1.165, 1.54) is 5.69 Å². The van der Waals surface area contributed by atoms with E-state index in [2.05, 4.69) is 61.7 Å². The summed E-state index contributed by atoms with van der Waals surface area (Å²) >= 11 is 0. The van der Waals surface area contributed by atoms with Gasteiger partial charge in [-0.2, -0.15) is 10.1 Å². The lowest BCUT2D eigenvalue weighted by Gasteiger charge is -2.21. The zero-order valence-electron chi connectivity index (χ0n) is 15.1. The molecule has 2 N–H and O–H groups in total. The zero-order valence-corrected chi connectivity index (χ0v) is 15.1. The Labute approximate surface area is 153 Å². The third-order valence-electron chi connectivity index (χ3n) is 4.00. The van der Waals surface area contributed by atoms with Crippen LogP contribution in [0.15, 0.2) is 55.0 Å². The number of aromatic nitrogens is 4. The molecular formula is C19H23N7. The lowest BCUT2D eigenvalue weighted by atomic mass is 10.2. The Bertz CT molecular complexity index is 802. The van der Waals surface area contributed by atoms with Gasteiger partial charge in [-0.3, -0.25) is 4.98 Å². The molecule has 0 aliphatic rings. The number of hydrogen-bond acceptors (Lipinski definition) is 7. The zero-order chi connectivity index (χ0) is 18.2. The van der Waals surface area contributed by atoms with Gasteiger partial charge in [0.15, 0.2) is 5.82 Å². The number of nitrogens with one attached hydrogen (secondary N) is 2. The fourth-order valence-electron chi connectivity index (χ4n) is 2.61. The summed E-state index contributed by atoms with van der Waals surface area (Å²) in [4.78, 5) is 10.8. The highest BCUT2D eigenvalue weighted by Gasteiger charge is 2.04. The number of rotatable bonds is 8. The van der Waals surface area contributed by atoms with E-state index in [1.807, 2.05) is 24.3 Å². The maximum atomic E-state index is 4.45. The van der Waals surface area contributed by atoms with Gasteiger partial charge < -0.3 is 15.5 Å². The highest BCUT2D eigenvalue weighted by molar-refractivity contribution is 5.60. The van der Waals surface area contributed by atoms with Gasteiger partial charge in [-0.1, -0.05) is 6.07 Å². The van der Waals surface area contributed by atoms with Crippen LogP contribution in [0.25, 0.3) is 0 Å². The summed E-state index contributed by atoms with van der Waals surface area (Å²) in [6, 6.07) is 12.2. The SMILES string of the molecule is CCN(CC)c1ccc(Nc2cnnc(NCc3cccnc3)n2)cc1. The number of nitrogens with zero attached hydrogens (tertiary/aromatic N) is 5. The van der Waals surface area contributed by atoms with E-state index in [1.54, 1.807) is 18.6 Å². The number of anilines is 4. The predicted molar refractivity (Wildman–Crippen MR) is 105 cm³/mol. The van der Waals surface area contributed by atoms with Gasteiger partial charge in [0.1, 0.15) is 0 Å². The number of hydrogen-bond donors (Lipinski definition) is 2. The quantitative estimate of drug-likeness (QED) is 0.644. The van der Waals surface area contributed by atoms with Gasteiger partial charge >= 0.3 is 0 Å². The number of pyridine rings is 1. The molecule has 0 fully saturated rings. The van der Waals surface area contributed by atoms with Gasteiger partial charge in [-0.05, 0) is 49.7 Å². The van der Waals surface area contributed by atoms with E-state index in [0.29, 0.717) is 18.3 Å². The van der Waals surface area contributed by atoms with Gasteiger partial charge in [-0.15, -0.1) is 5.10 Å². The van der Waals surface area contributed by atoms with Crippen LogP contribution in [0.3, 0.4) is 0 Å². The van der Waals surface area contributed by atoms with Gasteiger partial charge in [0.2, 0.25) is 5.95 Å². The molecule has 2 aromatic heterocycles. The molecule has 7 heteroatoms. The highest BCUT2D eigenvalue weighted by atomic mass is 15.3. The fourth-order valence-corrected chi connectivity index (χ4v) is 2.61. The van der Waals surface area contributed by atoms with Gasteiger partial charge in [0.25, 0.3) is 0 Å². The van der Waals surface area contributed by atoms with Gasteiger partial charge in [-0.25, -0.2) is 0 Å². The first-order chi connectivity index (χ1) is 12.8. The molecule has 3 rings (SSSR count). The van der Waals surface area contributed by atoms with Crippen molar-refractivity contribution in [2.45, 2.75) is 20.4 Å². The first kappa shape index (κ1) is 17.6. The Morgan fingerprint density at radius 2 is 1.81 bits per heavy atom. The Hall–Kier alpha value is -3.22. The molecular weight excluding hydrogens is 326 g/mol. The van der Waals surface area contributed by atoms with Crippen molar-refractivity contribution >= 4 is 23.1 Å². The van der Waals surface area contributed by atoms with Crippen LogP contribution in [0.4, 0.5) is 23.1 Å². The summed E-state index contributed by atoms with van der Waals surface area (Å²) in [5.41, 5.74) is 3.22. The first-order valence-corrected chi connectivity index (χ1v) is 8.73. The summed E-state index contributed by atoms with van der Waals surface area (Å²) in [6.07, 6.45) is 5.16. The molecule has 0 aliphatic heterocycles. The molecule has 0 bridgehead atoms. The molecule has 1 aromatic carbocycles. The third kappa shape index (κ3) is 4.66. The van der Waals surface area contributed by atoms with E-state index < -0.39 is 0 Å². The predicted octanol–water partition coefficient (Wildman–Crippen LogP) is 3.47. The summed E-state index contributed by atoms with van der Waals surface area (Å²) in [5, 5.41) is 14.4. The van der Waals surface area contributed by atoms with Crippen molar-refractivity contribution in [3.63, 3.8) is 0 Å². The van der Waals surface area contributed by atoms with Crippen LogP contribution < -0.4 is 15.5 Å². The van der Waals surface area contributed by atoms with Crippen LogP contribution in [-0.4, -0.2) is 33.3 Å². The van der Waals surface area contributed by atoms with Gasteiger partial charge in [0.05, 0.1) is 6.20 Å². The standard InChI is InChI=1S/C19H23N7/c1-3-26(4-2)17-9-7-16(8-10-17)23-18-14-22-25-19(24-18)21-13-15-6-5-11-20-12-15/h5-12,14H,3-4,13H2,1-2H3,(H2,21,23,24,25). The third-order valence-corrected chi connectivity index (χ3v) is 4.00. The fraction of sp³-hybridized carbons (Fsp3) is 0.263. The van der Waals surface area contributed by atoms with E-state index in [9.17, 15) is 0 Å². The smallest absolute Gasteiger partial charge is 0.244 e. The Balaban J connectivity index is 1.63. The molecule has 0 spiro atoms. The molecule has 7 nitrogen and oxygen atoms in total. The monoisotopic (exact) mass is 349 g/mol. The minimum Gasteiger partial charge on any atom is -0.372 e. The summed E-state index contributed by atoms with van der Waals surface area (Å²) in [5.74, 6) is 1.11. The molecule has 134 valence electrons. The topological polar surface area (TPSA) is 78.9 Å². The molecule has 0 saturated heterocycles. The first-order valence-electron chi connectivity index (χ1n) is 8.73. The molecule has 2 heterocycles. The van der Waals surface area contributed by atoms with Crippen LogP contribution >= 0.6 is 0 Å². The molecule has 0 amide bonds. The van der Waals surface area contributed by atoms with Crippen molar-refractivity contribution in [1.82, 2.24) is 20.2 Å². The molecule has 0 unspecified atom stereocenters. The molecule has 0 atom stereocenters. The second-order valence-electron chi connectivity index (χ2n) is 5.72. The van der Waals surface area contributed by atoms with E-state index in [0.717, 1.165) is 24.3 Å². The van der Waals surface area contributed by atoms with Crippen molar-refractivity contribution in [1.29, 1.82) is 0 Å². The van der Waals surface area contributed by atoms with E-state index >= 15 is 0 Å². The Kier molecular flexibility index (Phi) is 5.92. The average molecular weight is 349 g/mol. The second-order valence-corrected chi connectivity index (χ2v) is 5.72. The number of benzene rings is 1. The maximum absolute atomic E-state index is 4.45. The van der Waals surface area contributed by atoms with Crippen LogP contribution in [0.5, 0.6) is 0 Å². The van der Waals surface area contributed by atoms with Crippen LogP contribution in [-0.2, 0) is 6.54 Å². The van der Waals surface area contributed by atoms with E-state index in [4.69, 9.17) is 0 Å². The lowest BCUT2D eigenvalue weighted by Crippen LogP contribution is -2.21. The summed E-state index contributed by atoms with van der Waals surface area (Å²) in [7, 11) is 0. The summed E-state index contributed by atoms with van der Waals surface area (Å²) in [6.45, 7) is 6.89. The largest absolute Gasteiger partial charge is 0.372 e. The second kappa shape index (κ2) is 8.75. The van der Waals surface area contributed by atoms with Crippen molar-refractivity contribution in [3.8, 4) is 0 Å². The minimum atomic E-state index is 0.471. The highest BCUT2D eigenvalue weighted by Crippen LogP contribution is 2.20. The van der Waals surface area contributed by atoms with Crippen LogP contribution in [0.1, 0.15) is 19.4 Å². The Morgan fingerprint density at radius 3 is 2.50 bits per heavy atom. The van der Waals surface area contributed by atoms with Crippen LogP contribution in [0.2, 0.25) is 0 Å². The molecule has 3 aromatic rings. The molecule has 0 radical (unpaired) electrons. The lowest BCUT2D eigenvalue weighted by molar-refractivity contribution is 0.866. The normalized spacial score (nSPS) is 10.4. The van der Waals surface area contributed by atoms with Crippen molar-refractivity contribution in [3.05, 3.63) is 60.6 Å². The van der Waals surface area contributed by atoms with E-state index in [-0.39, 0.29) is 0 Å². The summed E-state index contributed by atoms with van der Waals surface area (Å²) < 4.78 is 0. The average Bonchev–Trinajstić information content (AvgIpc) is 2.70. The van der Waals surface area contributed by atoms with Crippen molar-refractivity contribution in [2.75, 3.05) is 28.6 Å². The van der Waals surface area contributed by atoms with Crippen LogP contribution in [0, 0.1) is 0 Å². The minimum absolute atomic E-state index is 0.471. The van der Waals surface area contributed by atoms with Gasteiger partial charge in [0, 0.05) is 43.4 Å². The molecule has 26 heavy (non-hydrogen) atoms. The molecule has 0 aliphatic carbocycles. The van der Waals surface area contributed by atoms with Crippen molar-refractivity contribution < 1.29 is 0 Å².